The van der Waals surface area contributed by atoms with Crippen molar-refractivity contribution in [2.45, 2.75) is 0 Å². The Morgan fingerprint density at radius 3 is 2.25 bits per heavy atom. The molecule has 1 aliphatic heterocycles. The normalized spacial score (nSPS) is 12.6. The third kappa shape index (κ3) is 3.28. The molecule has 0 saturated carbocycles. The Hall–Kier alpha value is -4.15. The molecular weight excluding hydrogens is 374 g/mol. The van der Waals surface area contributed by atoms with E-state index in [1.807, 2.05) is 0 Å². The lowest BCUT2D eigenvalue weighted by Gasteiger charge is -2.13. The van der Waals surface area contributed by atoms with E-state index in [0.717, 1.165) is 23.1 Å². The maximum atomic E-state index is 12.4. The molecule has 0 aromatic heterocycles. The largest absolute Gasteiger partial charge is 0.460 e. The van der Waals surface area contributed by atoms with E-state index in [2.05, 4.69) is 0 Å². The molecule has 0 saturated heterocycles. The van der Waals surface area contributed by atoms with Crippen LogP contribution in [-0.2, 0) is 4.74 Å². The van der Waals surface area contributed by atoms with Crippen LogP contribution in [0.5, 0.6) is 0 Å². The molecule has 0 unspecified atom stereocenters. The van der Waals surface area contributed by atoms with Crippen LogP contribution in [-0.4, -0.2) is 45.7 Å². The van der Waals surface area contributed by atoms with E-state index < -0.39 is 33.3 Å². The van der Waals surface area contributed by atoms with Gasteiger partial charge in [0.15, 0.2) is 0 Å². The molecule has 0 bridgehead atoms. The third-order valence-corrected chi connectivity index (χ3v) is 4.04. The molecule has 0 spiro atoms. The van der Waals surface area contributed by atoms with E-state index in [9.17, 15) is 34.6 Å². The summed E-state index contributed by atoms with van der Waals surface area (Å²) in [5, 5.41) is 21.7. The number of hydrogen-bond donors (Lipinski definition) is 0. The number of nitro groups is 2. The molecule has 0 radical (unpaired) electrons. The fourth-order valence-corrected chi connectivity index (χ4v) is 2.70. The Morgan fingerprint density at radius 2 is 1.64 bits per heavy atom. The standard InChI is InChI=1S/C17H11N3O8/c21-15-12-2-1-3-13(20(26)27)14(12)16(22)18(15)8-9-28-17(23)10-4-6-11(7-5-10)19(24)25/h1-7H,8-9H2. The quantitative estimate of drug-likeness (QED) is 0.317. The Kier molecular flexibility index (Phi) is 4.81. The summed E-state index contributed by atoms with van der Waals surface area (Å²) in [6.45, 7) is -0.628. The Bertz CT molecular complexity index is 1020. The van der Waals surface area contributed by atoms with Gasteiger partial charge in [0.25, 0.3) is 23.2 Å². The van der Waals surface area contributed by atoms with Crippen LogP contribution in [0.4, 0.5) is 11.4 Å². The summed E-state index contributed by atoms with van der Waals surface area (Å²) in [4.78, 5) is 57.7. The molecule has 11 nitrogen and oxygen atoms in total. The highest BCUT2D eigenvalue weighted by atomic mass is 16.6. The first-order chi connectivity index (χ1) is 13.3. The summed E-state index contributed by atoms with van der Waals surface area (Å²) < 4.78 is 4.97. The van der Waals surface area contributed by atoms with Crippen LogP contribution in [0.25, 0.3) is 0 Å². The van der Waals surface area contributed by atoms with Gasteiger partial charge in [-0.2, -0.15) is 0 Å². The average molecular weight is 385 g/mol. The minimum Gasteiger partial charge on any atom is -0.460 e. The second-order valence-electron chi connectivity index (χ2n) is 5.66. The smallest absolute Gasteiger partial charge is 0.338 e. The second kappa shape index (κ2) is 7.23. The predicted octanol–water partition coefficient (Wildman–Crippen LogP) is 1.96. The summed E-state index contributed by atoms with van der Waals surface area (Å²) >= 11 is 0. The van der Waals surface area contributed by atoms with Crippen molar-refractivity contribution < 1.29 is 29.0 Å². The minimum atomic E-state index is -0.835. The van der Waals surface area contributed by atoms with Crippen LogP contribution in [0.3, 0.4) is 0 Å². The van der Waals surface area contributed by atoms with Gasteiger partial charge in [0.05, 0.1) is 27.5 Å². The summed E-state index contributed by atoms with van der Waals surface area (Å²) in [6, 6.07) is 8.45. The number of nitro benzene ring substituents is 2. The van der Waals surface area contributed by atoms with Gasteiger partial charge in [-0.1, -0.05) is 6.07 Å². The zero-order chi connectivity index (χ0) is 20.4. The molecule has 0 aliphatic carbocycles. The van der Waals surface area contributed by atoms with Crippen LogP contribution in [0, 0.1) is 20.2 Å². The maximum absolute atomic E-state index is 12.4. The Morgan fingerprint density at radius 1 is 0.964 bits per heavy atom. The third-order valence-electron chi connectivity index (χ3n) is 4.04. The topological polar surface area (TPSA) is 150 Å². The summed E-state index contributed by atoms with van der Waals surface area (Å²) in [5.74, 6) is -2.34. The van der Waals surface area contributed by atoms with Gasteiger partial charge in [0, 0.05) is 18.2 Å². The molecule has 1 heterocycles. The van der Waals surface area contributed by atoms with Crippen molar-refractivity contribution in [3.05, 3.63) is 79.4 Å². The van der Waals surface area contributed by atoms with Gasteiger partial charge in [0.1, 0.15) is 12.2 Å². The lowest BCUT2D eigenvalue weighted by Crippen LogP contribution is -2.33. The van der Waals surface area contributed by atoms with E-state index in [1.54, 1.807) is 0 Å². The van der Waals surface area contributed by atoms with Gasteiger partial charge >= 0.3 is 5.97 Å². The zero-order valence-corrected chi connectivity index (χ0v) is 14.1. The number of non-ortho nitro benzene ring substituents is 1. The Labute approximate surface area is 156 Å². The van der Waals surface area contributed by atoms with Gasteiger partial charge in [-0.15, -0.1) is 0 Å². The van der Waals surface area contributed by atoms with Crippen molar-refractivity contribution in [1.29, 1.82) is 0 Å². The number of carbonyl (C=O) groups excluding carboxylic acids is 3. The molecule has 142 valence electrons. The summed E-state index contributed by atoms with van der Waals surface area (Å²) in [5.41, 5.74) is -0.978. The lowest BCUT2D eigenvalue weighted by molar-refractivity contribution is -0.385. The molecule has 0 atom stereocenters. The highest BCUT2D eigenvalue weighted by molar-refractivity contribution is 6.23. The number of nitrogens with zero attached hydrogens (tertiary/aromatic N) is 3. The van der Waals surface area contributed by atoms with E-state index in [-0.39, 0.29) is 35.5 Å². The van der Waals surface area contributed by atoms with Crippen molar-refractivity contribution in [1.82, 2.24) is 4.90 Å². The molecule has 28 heavy (non-hydrogen) atoms. The van der Waals surface area contributed by atoms with E-state index in [1.165, 1.54) is 24.3 Å². The number of fused-ring (bicyclic) bond motifs is 1. The number of esters is 1. The number of ether oxygens (including phenoxy) is 1. The van der Waals surface area contributed by atoms with Crippen LogP contribution < -0.4 is 0 Å². The van der Waals surface area contributed by atoms with Gasteiger partial charge in [-0.05, 0) is 18.2 Å². The van der Waals surface area contributed by atoms with Crippen molar-refractivity contribution in [3.8, 4) is 0 Å². The Balaban J connectivity index is 1.65. The molecule has 0 fully saturated rings. The molecule has 2 amide bonds. The molecule has 11 heteroatoms. The van der Waals surface area contributed by atoms with Gasteiger partial charge in [-0.3, -0.25) is 34.7 Å². The van der Waals surface area contributed by atoms with Crippen LogP contribution in [0.2, 0.25) is 0 Å². The number of amides is 2. The number of rotatable bonds is 6. The first-order valence-electron chi connectivity index (χ1n) is 7.86. The first kappa shape index (κ1) is 18.6. The molecule has 3 rings (SSSR count). The van der Waals surface area contributed by atoms with Crippen molar-refractivity contribution >= 4 is 29.2 Å². The van der Waals surface area contributed by atoms with E-state index in [4.69, 9.17) is 4.74 Å². The number of imide groups is 1. The molecule has 0 N–H and O–H groups in total. The van der Waals surface area contributed by atoms with Gasteiger partial charge < -0.3 is 4.74 Å². The zero-order valence-electron chi connectivity index (χ0n) is 14.1. The highest BCUT2D eigenvalue weighted by Gasteiger charge is 2.40. The van der Waals surface area contributed by atoms with Crippen molar-refractivity contribution in [3.63, 3.8) is 0 Å². The molecule has 1 aliphatic rings. The van der Waals surface area contributed by atoms with Crippen molar-refractivity contribution in [2.75, 3.05) is 13.2 Å². The average Bonchev–Trinajstić information content (AvgIpc) is 2.92. The maximum Gasteiger partial charge on any atom is 0.338 e. The molecule has 2 aromatic rings. The number of benzene rings is 2. The van der Waals surface area contributed by atoms with E-state index >= 15 is 0 Å². The SMILES string of the molecule is O=C(OCCN1C(=O)c2cccc([N+](=O)[O-])c2C1=O)c1ccc([N+](=O)[O-])cc1. The highest BCUT2D eigenvalue weighted by Crippen LogP contribution is 2.30. The lowest BCUT2D eigenvalue weighted by atomic mass is 10.1. The summed E-state index contributed by atoms with van der Waals surface area (Å²) in [7, 11) is 0. The second-order valence-corrected chi connectivity index (χ2v) is 5.66. The number of carbonyl (C=O) groups is 3. The van der Waals surface area contributed by atoms with Crippen LogP contribution in [0.1, 0.15) is 31.1 Å². The summed E-state index contributed by atoms with van der Waals surface area (Å²) in [6.07, 6.45) is 0. The molecule has 2 aromatic carbocycles. The number of hydrogen-bond acceptors (Lipinski definition) is 8. The first-order valence-corrected chi connectivity index (χ1v) is 7.86. The van der Waals surface area contributed by atoms with Crippen LogP contribution >= 0.6 is 0 Å². The van der Waals surface area contributed by atoms with Crippen molar-refractivity contribution in [2.24, 2.45) is 0 Å². The van der Waals surface area contributed by atoms with E-state index in [0.29, 0.717) is 0 Å². The minimum absolute atomic E-state index is 0.0589. The fraction of sp³-hybridized carbons (Fsp3) is 0.118. The van der Waals surface area contributed by atoms with Crippen LogP contribution in [0.15, 0.2) is 42.5 Å². The molecular formula is C17H11N3O8. The van der Waals surface area contributed by atoms with Gasteiger partial charge in [0.2, 0.25) is 0 Å². The van der Waals surface area contributed by atoms with Gasteiger partial charge in [-0.25, -0.2) is 4.79 Å². The predicted molar refractivity (Wildman–Crippen MR) is 91.8 cm³/mol. The monoisotopic (exact) mass is 385 g/mol. The fourth-order valence-electron chi connectivity index (χ4n) is 2.70.